The molecular weight excluding hydrogens is 352 g/mol. The molecule has 0 aromatic carbocycles. The van der Waals surface area contributed by atoms with Gasteiger partial charge >= 0.3 is 5.97 Å². The van der Waals surface area contributed by atoms with Crippen LogP contribution < -0.4 is 0 Å². The highest BCUT2D eigenvalue weighted by atomic mass is 35.5. The van der Waals surface area contributed by atoms with Gasteiger partial charge < -0.3 is 4.84 Å². The third-order valence-electron chi connectivity index (χ3n) is 3.91. The number of nitrogens with zero attached hydrogens (tertiary/aromatic N) is 1. The van der Waals surface area contributed by atoms with Crippen LogP contribution in [-0.2, 0) is 19.2 Å². The maximum Gasteiger partial charge on any atom is 0.330 e. The van der Waals surface area contributed by atoms with Crippen molar-refractivity contribution >= 4 is 64.2 Å². The molecule has 0 unspecified atom stereocenters. The lowest BCUT2D eigenvalue weighted by Crippen LogP contribution is -2.38. The molecule has 1 heterocycles. The van der Waals surface area contributed by atoms with Crippen LogP contribution in [0.15, 0.2) is 10.1 Å². The van der Waals surface area contributed by atoms with Crippen LogP contribution in [0.25, 0.3) is 0 Å². The third kappa shape index (κ3) is 1.44. The van der Waals surface area contributed by atoms with Crippen LogP contribution in [0.3, 0.4) is 0 Å². The molecule has 1 saturated carbocycles. The van der Waals surface area contributed by atoms with E-state index in [4.69, 9.17) is 46.4 Å². The van der Waals surface area contributed by atoms with Crippen LogP contribution >= 0.6 is 46.4 Å². The molecule has 1 saturated heterocycles. The molecule has 2 amide bonds. The first kappa shape index (κ1) is 14.4. The van der Waals surface area contributed by atoms with Gasteiger partial charge in [-0.1, -0.05) is 23.2 Å². The summed E-state index contributed by atoms with van der Waals surface area (Å²) in [6.45, 7) is 1.08. The highest BCUT2D eigenvalue weighted by Crippen LogP contribution is 2.69. The topological polar surface area (TPSA) is 63.7 Å². The number of imide groups is 1. The highest BCUT2D eigenvalue weighted by molar-refractivity contribution is 6.52. The van der Waals surface area contributed by atoms with Crippen molar-refractivity contribution in [3.8, 4) is 0 Å². The molecule has 108 valence electrons. The molecule has 3 aliphatic rings. The van der Waals surface area contributed by atoms with Crippen molar-refractivity contribution in [1.29, 1.82) is 0 Å². The number of halogens is 4. The van der Waals surface area contributed by atoms with Crippen LogP contribution in [0.2, 0.25) is 0 Å². The molecule has 3 rings (SSSR count). The largest absolute Gasteiger partial charge is 0.331 e. The quantitative estimate of drug-likeness (QED) is 0.532. The van der Waals surface area contributed by atoms with Crippen LogP contribution in [0.4, 0.5) is 0 Å². The lowest BCUT2D eigenvalue weighted by molar-refractivity contribution is -0.197. The molecule has 1 aliphatic heterocycles. The summed E-state index contributed by atoms with van der Waals surface area (Å²) in [4.78, 5) is 37.5. The number of allylic oxidation sites excluding steroid dienone is 2. The number of amides is 2. The molecule has 0 aromatic rings. The number of alkyl halides is 2. The van der Waals surface area contributed by atoms with Gasteiger partial charge in [-0.15, -0.1) is 28.3 Å². The predicted octanol–water partition coefficient (Wildman–Crippen LogP) is 2.13. The number of fused-ring (bicyclic) bond motifs is 5. The maximum absolute atomic E-state index is 12.3. The Kier molecular flexibility index (Phi) is 2.91. The Hall–Kier alpha value is -0.490. The van der Waals surface area contributed by atoms with E-state index in [9.17, 15) is 14.4 Å². The molecular formula is C11H7Cl4NO4. The fraction of sp³-hybridized carbons (Fsp3) is 0.545. The molecule has 9 heteroatoms. The summed E-state index contributed by atoms with van der Waals surface area (Å²) < 4.78 is 0. The predicted molar refractivity (Wildman–Crippen MR) is 71.1 cm³/mol. The van der Waals surface area contributed by atoms with Gasteiger partial charge in [0.1, 0.15) is 0 Å². The molecule has 0 N–H and O–H groups in total. The van der Waals surface area contributed by atoms with Crippen molar-refractivity contribution in [3.63, 3.8) is 0 Å². The smallest absolute Gasteiger partial charge is 0.330 e. The number of carbonyl (C=O) groups is 3. The number of hydrogen-bond acceptors (Lipinski definition) is 4. The summed E-state index contributed by atoms with van der Waals surface area (Å²) in [7, 11) is 0. The van der Waals surface area contributed by atoms with E-state index < -0.39 is 39.4 Å². The molecule has 0 spiro atoms. The van der Waals surface area contributed by atoms with Gasteiger partial charge in [-0.05, 0) is 6.42 Å². The van der Waals surface area contributed by atoms with Gasteiger partial charge in [0.25, 0.3) is 11.8 Å². The highest BCUT2D eigenvalue weighted by Gasteiger charge is 2.77. The molecule has 0 radical (unpaired) electrons. The zero-order valence-electron chi connectivity index (χ0n) is 9.95. The Balaban J connectivity index is 2.10. The molecule has 2 fully saturated rings. The SMILES string of the molecule is CC(=O)ON1C(=O)[C@@H]2[C@H](C1=O)[C@]1(Cl)C[C@]2(Cl)C(Cl)=C1Cl. The second-order valence-electron chi connectivity index (χ2n) is 5.04. The van der Waals surface area contributed by atoms with Gasteiger partial charge in [0.2, 0.25) is 0 Å². The Morgan fingerprint density at radius 2 is 1.55 bits per heavy atom. The average molecular weight is 359 g/mol. The van der Waals surface area contributed by atoms with E-state index in [1.54, 1.807) is 0 Å². The van der Waals surface area contributed by atoms with Crippen molar-refractivity contribution in [2.75, 3.05) is 0 Å². The van der Waals surface area contributed by atoms with Gasteiger partial charge in [0.05, 0.1) is 31.6 Å². The average Bonchev–Trinajstić information content (AvgIpc) is 2.81. The lowest BCUT2D eigenvalue weighted by Gasteiger charge is -2.28. The molecule has 5 nitrogen and oxygen atoms in total. The molecule has 2 aliphatic carbocycles. The zero-order chi connectivity index (χ0) is 15.0. The first-order valence-electron chi connectivity index (χ1n) is 5.65. The van der Waals surface area contributed by atoms with E-state index >= 15 is 0 Å². The standard InChI is InChI=1S/C11H7Cl4NO4/c1-3(17)20-16-8(18)4-5(9(16)19)11(15)2-10(4,14)6(12)7(11)13/h4-5H,2H2,1H3/t4-,5+,10-,11-/m1/s1. The molecule has 0 aromatic heterocycles. The fourth-order valence-corrected chi connectivity index (χ4v) is 5.09. The van der Waals surface area contributed by atoms with Crippen molar-refractivity contribution in [1.82, 2.24) is 5.06 Å². The van der Waals surface area contributed by atoms with E-state index in [1.807, 2.05) is 0 Å². The van der Waals surface area contributed by atoms with Crippen molar-refractivity contribution in [2.45, 2.75) is 23.1 Å². The van der Waals surface area contributed by atoms with E-state index in [-0.39, 0.29) is 16.5 Å². The van der Waals surface area contributed by atoms with Gasteiger partial charge in [-0.3, -0.25) is 9.59 Å². The van der Waals surface area contributed by atoms with Crippen LogP contribution in [0.5, 0.6) is 0 Å². The Morgan fingerprint density at radius 3 is 1.90 bits per heavy atom. The summed E-state index contributed by atoms with van der Waals surface area (Å²) in [5.41, 5.74) is 0. The summed E-state index contributed by atoms with van der Waals surface area (Å²) in [5, 5.41) is 0.552. The minimum absolute atomic E-state index is 0.0721. The van der Waals surface area contributed by atoms with Crippen LogP contribution in [-0.4, -0.2) is 32.6 Å². The van der Waals surface area contributed by atoms with Crippen LogP contribution in [0.1, 0.15) is 13.3 Å². The van der Waals surface area contributed by atoms with Crippen LogP contribution in [0, 0.1) is 11.8 Å². The fourth-order valence-electron chi connectivity index (χ4n) is 3.17. The number of hydrogen-bond donors (Lipinski definition) is 0. The summed E-state index contributed by atoms with van der Waals surface area (Å²) in [6.07, 6.45) is 0.0848. The van der Waals surface area contributed by atoms with Gasteiger partial charge in [-0.25, -0.2) is 4.79 Å². The Bertz CT molecular complexity index is 563. The zero-order valence-corrected chi connectivity index (χ0v) is 13.0. The first-order valence-corrected chi connectivity index (χ1v) is 7.16. The Morgan fingerprint density at radius 1 is 1.15 bits per heavy atom. The summed E-state index contributed by atoms with van der Waals surface area (Å²) in [5.74, 6) is -4.21. The third-order valence-corrected chi connectivity index (χ3v) is 6.37. The van der Waals surface area contributed by atoms with Crippen molar-refractivity contribution in [3.05, 3.63) is 10.1 Å². The summed E-state index contributed by atoms with van der Waals surface area (Å²) >= 11 is 24.9. The minimum Gasteiger partial charge on any atom is -0.331 e. The number of carbonyl (C=O) groups excluding carboxylic acids is 3. The first-order chi connectivity index (χ1) is 9.14. The van der Waals surface area contributed by atoms with Crippen molar-refractivity contribution in [2.24, 2.45) is 11.8 Å². The van der Waals surface area contributed by atoms with E-state index in [0.29, 0.717) is 5.06 Å². The van der Waals surface area contributed by atoms with Crippen molar-refractivity contribution < 1.29 is 19.2 Å². The monoisotopic (exact) mass is 357 g/mol. The normalized spacial score (nSPS) is 42.5. The lowest BCUT2D eigenvalue weighted by atomic mass is 9.84. The second kappa shape index (κ2) is 4.03. The molecule has 20 heavy (non-hydrogen) atoms. The molecule has 4 atom stereocenters. The maximum atomic E-state index is 12.3. The summed E-state index contributed by atoms with van der Waals surface area (Å²) in [6, 6.07) is 0. The second-order valence-corrected chi connectivity index (χ2v) is 7.14. The number of rotatable bonds is 1. The minimum atomic E-state index is -1.33. The van der Waals surface area contributed by atoms with E-state index in [1.165, 1.54) is 0 Å². The number of hydroxylamine groups is 2. The van der Waals surface area contributed by atoms with Gasteiger partial charge in [0, 0.05) is 6.92 Å². The van der Waals surface area contributed by atoms with E-state index in [0.717, 1.165) is 6.92 Å². The van der Waals surface area contributed by atoms with Gasteiger partial charge in [-0.2, -0.15) is 0 Å². The molecule has 2 bridgehead atoms. The Labute approximate surface area is 133 Å². The van der Waals surface area contributed by atoms with Gasteiger partial charge in [0.15, 0.2) is 0 Å². The van der Waals surface area contributed by atoms with E-state index in [2.05, 4.69) is 4.84 Å².